The summed E-state index contributed by atoms with van der Waals surface area (Å²) in [6.45, 7) is 2.19. The van der Waals surface area contributed by atoms with Gasteiger partial charge in [0.1, 0.15) is 5.82 Å². The third kappa shape index (κ3) is 5.22. The molecular weight excluding hydrogens is 433 g/mol. The van der Waals surface area contributed by atoms with Gasteiger partial charge in [-0.25, -0.2) is 8.78 Å². The first-order valence-electron chi connectivity index (χ1n) is 12.1. The van der Waals surface area contributed by atoms with E-state index in [9.17, 15) is 8.78 Å². The molecule has 4 heteroatoms. The third-order valence-corrected chi connectivity index (χ3v) is 6.87. The molecule has 0 radical (unpaired) electrons. The van der Waals surface area contributed by atoms with Gasteiger partial charge in [-0.15, -0.1) is 0 Å². The maximum atomic E-state index is 15.1. The van der Waals surface area contributed by atoms with Crippen molar-refractivity contribution in [1.82, 2.24) is 0 Å². The van der Waals surface area contributed by atoms with Crippen molar-refractivity contribution < 1.29 is 17.9 Å². The zero-order valence-corrected chi connectivity index (χ0v) is 19.8. The van der Waals surface area contributed by atoms with Crippen molar-refractivity contribution in [3.8, 4) is 28.0 Å². The van der Waals surface area contributed by atoms with E-state index in [0.717, 1.165) is 37.7 Å². The summed E-state index contributed by atoms with van der Waals surface area (Å²) in [5, 5.41) is 0. The van der Waals surface area contributed by atoms with Gasteiger partial charge >= 0.3 is 0 Å². The van der Waals surface area contributed by atoms with Crippen LogP contribution in [0.5, 0.6) is 5.75 Å². The lowest BCUT2D eigenvalue weighted by atomic mass is 9.78. The first kappa shape index (κ1) is 24.1. The molecule has 1 fully saturated rings. The van der Waals surface area contributed by atoms with Gasteiger partial charge in [-0.2, -0.15) is 4.39 Å². The van der Waals surface area contributed by atoms with E-state index in [0.29, 0.717) is 28.5 Å². The van der Waals surface area contributed by atoms with E-state index in [1.165, 1.54) is 25.7 Å². The number of allylic oxidation sites excluding steroid dienone is 2. The molecule has 0 unspecified atom stereocenters. The van der Waals surface area contributed by atoms with Gasteiger partial charge in [0.05, 0.1) is 7.11 Å². The Kier molecular flexibility index (Phi) is 7.77. The Bertz CT molecular complexity index is 1140. The van der Waals surface area contributed by atoms with Gasteiger partial charge in [-0.05, 0) is 78.8 Å². The second-order valence-electron chi connectivity index (χ2n) is 9.09. The number of methoxy groups -OCH3 is 1. The zero-order valence-electron chi connectivity index (χ0n) is 19.8. The summed E-state index contributed by atoms with van der Waals surface area (Å²) in [6, 6.07) is 15.3. The SMILES string of the molecule is CCCC=CC1CCC(c2ccc(-c3ccc(-c4ccc(OC)c(F)c4F)cc3)c(F)c2)CC1. The maximum Gasteiger partial charge on any atom is 0.201 e. The second kappa shape index (κ2) is 10.9. The Morgan fingerprint density at radius 1 is 0.824 bits per heavy atom. The summed E-state index contributed by atoms with van der Waals surface area (Å²) < 4.78 is 48.4. The molecule has 0 spiro atoms. The quantitative estimate of drug-likeness (QED) is 0.317. The zero-order chi connectivity index (χ0) is 24.1. The van der Waals surface area contributed by atoms with Crippen LogP contribution in [0.4, 0.5) is 13.2 Å². The number of hydrogen-bond acceptors (Lipinski definition) is 1. The first-order valence-corrected chi connectivity index (χ1v) is 12.1. The fourth-order valence-corrected chi connectivity index (χ4v) is 4.86. The van der Waals surface area contributed by atoms with Crippen molar-refractivity contribution in [3.05, 3.63) is 89.8 Å². The van der Waals surface area contributed by atoms with Gasteiger partial charge in [0.25, 0.3) is 0 Å². The fourth-order valence-electron chi connectivity index (χ4n) is 4.86. The third-order valence-electron chi connectivity index (χ3n) is 6.87. The van der Waals surface area contributed by atoms with Crippen molar-refractivity contribution in [3.63, 3.8) is 0 Å². The number of halogens is 3. The highest BCUT2D eigenvalue weighted by atomic mass is 19.2. The maximum absolute atomic E-state index is 15.1. The fraction of sp³-hybridized carbons (Fsp3) is 0.333. The smallest absolute Gasteiger partial charge is 0.201 e. The van der Waals surface area contributed by atoms with Gasteiger partial charge in [0.15, 0.2) is 11.6 Å². The molecule has 4 rings (SSSR count). The largest absolute Gasteiger partial charge is 0.494 e. The molecular formula is C30H31F3O. The second-order valence-corrected chi connectivity index (χ2v) is 9.09. The van der Waals surface area contributed by atoms with Crippen molar-refractivity contribution in [2.45, 2.75) is 51.4 Å². The Morgan fingerprint density at radius 2 is 1.47 bits per heavy atom. The van der Waals surface area contributed by atoms with Crippen molar-refractivity contribution in [1.29, 1.82) is 0 Å². The first-order chi connectivity index (χ1) is 16.5. The molecule has 0 aromatic heterocycles. The summed E-state index contributed by atoms with van der Waals surface area (Å²) in [4.78, 5) is 0. The van der Waals surface area contributed by atoms with E-state index >= 15 is 4.39 Å². The summed E-state index contributed by atoms with van der Waals surface area (Å²) in [7, 11) is 1.29. The van der Waals surface area contributed by atoms with Crippen LogP contribution in [0.3, 0.4) is 0 Å². The average Bonchev–Trinajstić information content (AvgIpc) is 2.86. The van der Waals surface area contributed by atoms with E-state index in [1.807, 2.05) is 12.1 Å². The van der Waals surface area contributed by atoms with Crippen LogP contribution in [0.15, 0.2) is 66.7 Å². The number of hydrogen-bond donors (Lipinski definition) is 0. The van der Waals surface area contributed by atoms with Crippen molar-refractivity contribution >= 4 is 0 Å². The Hall–Kier alpha value is -3.01. The highest BCUT2D eigenvalue weighted by molar-refractivity contribution is 5.71. The van der Waals surface area contributed by atoms with Crippen LogP contribution in [0.2, 0.25) is 0 Å². The van der Waals surface area contributed by atoms with E-state index in [4.69, 9.17) is 4.74 Å². The molecule has 0 amide bonds. The molecule has 1 aliphatic rings. The number of unbranched alkanes of at least 4 members (excludes halogenated alkanes) is 1. The van der Waals surface area contributed by atoms with Gasteiger partial charge in [-0.3, -0.25) is 0 Å². The summed E-state index contributed by atoms with van der Waals surface area (Å²) in [5.41, 5.74) is 2.93. The van der Waals surface area contributed by atoms with Gasteiger partial charge in [0, 0.05) is 11.1 Å². The molecule has 0 saturated heterocycles. The summed E-state index contributed by atoms with van der Waals surface area (Å²) >= 11 is 0. The van der Waals surface area contributed by atoms with Crippen LogP contribution in [-0.4, -0.2) is 7.11 Å². The predicted molar refractivity (Wildman–Crippen MR) is 132 cm³/mol. The van der Waals surface area contributed by atoms with Crippen LogP contribution in [-0.2, 0) is 0 Å². The average molecular weight is 465 g/mol. The van der Waals surface area contributed by atoms with Gasteiger partial charge in [0.2, 0.25) is 5.82 Å². The topological polar surface area (TPSA) is 9.23 Å². The molecule has 3 aromatic rings. The molecule has 0 bridgehead atoms. The van der Waals surface area contributed by atoms with Crippen LogP contribution in [0.1, 0.15) is 56.9 Å². The minimum atomic E-state index is -1.02. The number of ether oxygens (including phenoxy) is 1. The minimum absolute atomic E-state index is 0.138. The Labute approximate surface area is 200 Å². The molecule has 0 atom stereocenters. The molecule has 0 aliphatic heterocycles. The van der Waals surface area contributed by atoms with Crippen LogP contribution in [0.25, 0.3) is 22.3 Å². The molecule has 0 N–H and O–H groups in total. The molecule has 178 valence electrons. The van der Waals surface area contributed by atoms with Crippen LogP contribution < -0.4 is 4.74 Å². The standard InChI is InChI=1S/C30H31F3O/c1-3-4-5-6-20-7-9-21(10-8-20)24-15-16-25(27(31)19-24)22-11-13-23(14-12-22)26-17-18-28(34-2)30(33)29(26)32/h5-6,11-21H,3-4,7-10H2,1-2H3. The lowest BCUT2D eigenvalue weighted by Gasteiger charge is -2.27. The lowest BCUT2D eigenvalue weighted by molar-refractivity contribution is 0.372. The lowest BCUT2D eigenvalue weighted by Crippen LogP contribution is -2.12. The minimum Gasteiger partial charge on any atom is -0.494 e. The normalized spacial score (nSPS) is 18.4. The van der Waals surface area contributed by atoms with Crippen LogP contribution in [0, 0.1) is 23.4 Å². The van der Waals surface area contributed by atoms with Crippen LogP contribution >= 0.6 is 0 Å². The number of rotatable bonds is 7. The summed E-state index contributed by atoms with van der Waals surface area (Å²) in [5.74, 6) is -1.32. The van der Waals surface area contributed by atoms with Crippen molar-refractivity contribution in [2.24, 2.45) is 5.92 Å². The van der Waals surface area contributed by atoms with E-state index in [2.05, 4.69) is 19.1 Å². The number of benzene rings is 3. The molecule has 34 heavy (non-hydrogen) atoms. The van der Waals surface area contributed by atoms with Gasteiger partial charge < -0.3 is 4.74 Å². The Balaban J connectivity index is 1.47. The highest BCUT2D eigenvalue weighted by Gasteiger charge is 2.22. The van der Waals surface area contributed by atoms with E-state index < -0.39 is 11.6 Å². The monoisotopic (exact) mass is 464 g/mol. The summed E-state index contributed by atoms with van der Waals surface area (Å²) in [6.07, 6.45) is 11.4. The van der Waals surface area contributed by atoms with E-state index in [1.54, 1.807) is 30.3 Å². The van der Waals surface area contributed by atoms with E-state index in [-0.39, 0.29) is 17.1 Å². The molecule has 0 heterocycles. The molecule has 1 saturated carbocycles. The van der Waals surface area contributed by atoms with Crippen molar-refractivity contribution in [2.75, 3.05) is 7.11 Å². The molecule has 3 aromatic carbocycles. The predicted octanol–water partition coefficient (Wildman–Crippen LogP) is 9.08. The molecule has 1 aliphatic carbocycles. The molecule has 1 nitrogen and oxygen atoms in total. The van der Waals surface area contributed by atoms with Gasteiger partial charge in [-0.1, -0.05) is 61.9 Å². The highest BCUT2D eigenvalue weighted by Crippen LogP contribution is 2.38. The Morgan fingerprint density at radius 3 is 2.09 bits per heavy atom.